The summed E-state index contributed by atoms with van der Waals surface area (Å²) in [6.45, 7) is 3.48. The number of nitrogens with one attached hydrogen (secondary N) is 1. The highest BCUT2D eigenvalue weighted by Gasteiger charge is 2.53. The number of carbonyl (C=O) groups is 1. The zero-order valence-corrected chi connectivity index (χ0v) is 8.39. The van der Waals surface area contributed by atoms with Crippen LogP contribution in [0.2, 0.25) is 0 Å². The molecular weight excluding hydrogens is 188 g/mol. The van der Waals surface area contributed by atoms with Gasteiger partial charge < -0.3 is 5.32 Å². The predicted octanol–water partition coefficient (Wildman–Crippen LogP) is 1.80. The number of halogens is 2. The summed E-state index contributed by atoms with van der Waals surface area (Å²) in [5.41, 5.74) is 0. The Balaban J connectivity index is 2.20. The van der Waals surface area contributed by atoms with Gasteiger partial charge in [0, 0.05) is 24.3 Å². The summed E-state index contributed by atoms with van der Waals surface area (Å²) in [4.78, 5) is 11.4. The smallest absolute Gasteiger partial charge is 0.251 e. The summed E-state index contributed by atoms with van der Waals surface area (Å²) in [6, 6.07) is 0.0612. The molecule has 1 aliphatic carbocycles. The van der Waals surface area contributed by atoms with Gasteiger partial charge in [-0.1, -0.05) is 6.92 Å². The average Bonchev–Trinajstić information content (AvgIpc) is 2.30. The van der Waals surface area contributed by atoms with Crippen molar-refractivity contribution in [1.29, 1.82) is 0 Å². The normalized spacial score (nSPS) is 45.9. The van der Waals surface area contributed by atoms with Crippen LogP contribution in [-0.4, -0.2) is 17.9 Å². The van der Waals surface area contributed by atoms with Gasteiger partial charge in [0.2, 0.25) is 5.91 Å². The molecule has 0 aromatic rings. The van der Waals surface area contributed by atoms with Crippen molar-refractivity contribution in [3.63, 3.8) is 0 Å². The number of amides is 1. The Labute approximate surface area is 82.1 Å². The molecule has 1 heterocycles. The Hall–Kier alpha value is -0.670. The molecule has 1 saturated heterocycles. The molecule has 2 rings (SSSR count). The molecule has 1 N–H and O–H groups in total. The number of carbonyl (C=O) groups excluding carboxylic acids is 1. The number of hydrogen-bond donors (Lipinski definition) is 1. The molecule has 4 unspecified atom stereocenters. The Morgan fingerprint density at radius 2 is 2.07 bits per heavy atom. The van der Waals surface area contributed by atoms with Gasteiger partial charge >= 0.3 is 0 Å². The van der Waals surface area contributed by atoms with Crippen molar-refractivity contribution < 1.29 is 13.6 Å². The lowest BCUT2D eigenvalue weighted by Gasteiger charge is -2.36. The van der Waals surface area contributed by atoms with Crippen LogP contribution < -0.4 is 5.32 Å². The van der Waals surface area contributed by atoms with Crippen LogP contribution in [-0.2, 0) is 4.79 Å². The molecule has 80 valence electrons. The van der Waals surface area contributed by atoms with Crippen LogP contribution >= 0.6 is 0 Å². The fourth-order valence-corrected chi connectivity index (χ4v) is 2.67. The van der Waals surface area contributed by atoms with Crippen molar-refractivity contribution in [3.8, 4) is 0 Å². The summed E-state index contributed by atoms with van der Waals surface area (Å²) in [5, 5.41) is 2.74. The van der Waals surface area contributed by atoms with Crippen LogP contribution in [0, 0.1) is 17.8 Å². The molecule has 0 bridgehead atoms. The molecule has 0 spiro atoms. The second-order valence-corrected chi connectivity index (χ2v) is 4.67. The molecule has 2 fully saturated rings. The molecule has 0 aromatic carbocycles. The van der Waals surface area contributed by atoms with E-state index in [4.69, 9.17) is 0 Å². The van der Waals surface area contributed by atoms with E-state index < -0.39 is 17.8 Å². The zero-order valence-electron chi connectivity index (χ0n) is 8.39. The van der Waals surface area contributed by atoms with Crippen LogP contribution in [0.1, 0.15) is 26.7 Å². The van der Waals surface area contributed by atoms with Crippen LogP contribution in [0.3, 0.4) is 0 Å². The fourth-order valence-electron chi connectivity index (χ4n) is 2.67. The van der Waals surface area contributed by atoms with Crippen LogP contribution in [0.4, 0.5) is 8.78 Å². The number of rotatable bonds is 0. The SMILES string of the molecule is CC1NC(=O)C2CC(F)(F)C(C)CC12. The van der Waals surface area contributed by atoms with Crippen molar-refractivity contribution in [2.24, 2.45) is 17.8 Å². The Kier molecular flexibility index (Phi) is 2.05. The maximum Gasteiger partial charge on any atom is 0.251 e. The van der Waals surface area contributed by atoms with Gasteiger partial charge in [-0.3, -0.25) is 4.79 Å². The van der Waals surface area contributed by atoms with Crippen molar-refractivity contribution >= 4 is 5.91 Å². The van der Waals surface area contributed by atoms with E-state index in [0.717, 1.165) is 0 Å². The average molecular weight is 203 g/mol. The van der Waals surface area contributed by atoms with Crippen molar-refractivity contribution in [1.82, 2.24) is 5.32 Å². The molecule has 2 nitrogen and oxygen atoms in total. The molecule has 4 heteroatoms. The first-order valence-electron chi connectivity index (χ1n) is 5.10. The fraction of sp³-hybridized carbons (Fsp3) is 0.900. The highest BCUT2D eigenvalue weighted by Crippen LogP contribution is 2.47. The van der Waals surface area contributed by atoms with Crippen LogP contribution in [0.25, 0.3) is 0 Å². The first-order valence-corrected chi connectivity index (χ1v) is 5.10. The van der Waals surface area contributed by atoms with E-state index >= 15 is 0 Å². The van der Waals surface area contributed by atoms with Gasteiger partial charge in [0.25, 0.3) is 5.92 Å². The van der Waals surface area contributed by atoms with Crippen LogP contribution in [0.5, 0.6) is 0 Å². The Morgan fingerprint density at radius 1 is 1.43 bits per heavy atom. The lowest BCUT2D eigenvalue weighted by atomic mass is 9.72. The topological polar surface area (TPSA) is 29.1 Å². The third kappa shape index (κ3) is 1.31. The molecule has 0 radical (unpaired) electrons. The van der Waals surface area contributed by atoms with E-state index in [1.807, 2.05) is 6.92 Å². The maximum absolute atomic E-state index is 13.4. The van der Waals surface area contributed by atoms with E-state index in [1.165, 1.54) is 0 Å². The minimum Gasteiger partial charge on any atom is -0.353 e. The summed E-state index contributed by atoms with van der Waals surface area (Å²) in [7, 11) is 0. The van der Waals surface area contributed by atoms with E-state index in [0.29, 0.717) is 6.42 Å². The highest BCUT2D eigenvalue weighted by molar-refractivity contribution is 5.82. The molecule has 14 heavy (non-hydrogen) atoms. The minimum absolute atomic E-state index is 0.0612. The van der Waals surface area contributed by atoms with Gasteiger partial charge in [0.1, 0.15) is 0 Å². The van der Waals surface area contributed by atoms with Gasteiger partial charge in [-0.2, -0.15) is 0 Å². The monoisotopic (exact) mass is 203 g/mol. The van der Waals surface area contributed by atoms with E-state index in [2.05, 4.69) is 5.32 Å². The second kappa shape index (κ2) is 2.91. The largest absolute Gasteiger partial charge is 0.353 e. The number of alkyl halides is 2. The summed E-state index contributed by atoms with van der Waals surface area (Å²) < 4.78 is 26.7. The van der Waals surface area contributed by atoms with Gasteiger partial charge in [0.05, 0.1) is 0 Å². The molecule has 1 saturated carbocycles. The standard InChI is InChI=1S/C10H15F2NO/c1-5-3-7-6(2)13-9(14)8(7)4-10(5,11)12/h5-8H,3-4H2,1-2H3,(H,13,14). The lowest BCUT2D eigenvalue weighted by Crippen LogP contribution is -2.40. The van der Waals surface area contributed by atoms with Crippen molar-refractivity contribution in [2.75, 3.05) is 0 Å². The second-order valence-electron chi connectivity index (χ2n) is 4.67. The number of fused-ring (bicyclic) bond motifs is 1. The molecule has 4 atom stereocenters. The van der Waals surface area contributed by atoms with Crippen LogP contribution in [0.15, 0.2) is 0 Å². The molecule has 1 aliphatic heterocycles. The van der Waals surface area contributed by atoms with Gasteiger partial charge in [-0.15, -0.1) is 0 Å². The quantitative estimate of drug-likeness (QED) is 0.639. The summed E-state index contributed by atoms with van der Waals surface area (Å²) in [5.74, 6) is -3.80. The minimum atomic E-state index is -2.66. The van der Waals surface area contributed by atoms with E-state index in [9.17, 15) is 13.6 Å². The van der Waals surface area contributed by atoms with E-state index in [1.54, 1.807) is 6.92 Å². The predicted molar refractivity (Wildman–Crippen MR) is 47.9 cm³/mol. The highest BCUT2D eigenvalue weighted by atomic mass is 19.3. The Bertz CT molecular complexity index is 267. The molecule has 0 aromatic heterocycles. The third-order valence-corrected chi connectivity index (χ3v) is 3.70. The van der Waals surface area contributed by atoms with Gasteiger partial charge in [-0.05, 0) is 19.3 Å². The Morgan fingerprint density at radius 3 is 2.71 bits per heavy atom. The zero-order chi connectivity index (χ0) is 10.5. The third-order valence-electron chi connectivity index (χ3n) is 3.70. The first-order chi connectivity index (χ1) is 6.42. The van der Waals surface area contributed by atoms with Crippen molar-refractivity contribution in [2.45, 2.75) is 38.7 Å². The molecule has 2 aliphatic rings. The molecule has 1 amide bonds. The lowest BCUT2D eigenvalue weighted by molar-refractivity contribution is -0.137. The summed E-state index contributed by atoms with van der Waals surface area (Å²) >= 11 is 0. The number of hydrogen-bond acceptors (Lipinski definition) is 1. The van der Waals surface area contributed by atoms with Gasteiger partial charge in [-0.25, -0.2) is 8.78 Å². The first kappa shape index (κ1) is 9.87. The molecular formula is C10H15F2NO. The maximum atomic E-state index is 13.4. The summed E-state index contributed by atoms with van der Waals surface area (Å²) in [6.07, 6.45) is 0.187. The van der Waals surface area contributed by atoms with Gasteiger partial charge in [0.15, 0.2) is 0 Å². The van der Waals surface area contributed by atoms with Crippen molar-refractivity contribution in [3.05, 3.63) is 0 Å². The van der Waals surface area contributed by atoms with E-state index in [-0.39, 0.29) is 24.3 Å².